The summed E-state index contributed by atoms with van der Waals surface area (Å²) in [6.45, 7) is 0.705. The Bertz CT molecular complexity index is 770. The van der Waals surface area contributed by atoms with E-state index in [1.165, 1.54) is 17.7 Å². The number of anilines is 2. The first-order valence-electron chi connectivity index (χ1n) is 7.70. The first-order chi connectivity index (χ1) is 11.5. The van der Waals surface area contributed by atoms with Crippen molar-refractivity contribution in [1.82, 2.24) is 0 Å². The fraction of sp³-hybridized carbons (Fsp3) is 0.263. The highest BCUT2D eigenvalue weighted by Gasteiger charge is 2.31. The minimum Gasteiger partial charge on any atom is -0.359 e. The Labute approximate surface area is 139 Å². The Balaban J connectivity index is 1.94. The van der Waals surface area contributed by atoms with Crippen LogP contribution in [0, 0.1) is 17.9 Å². The van der Waals surface area contributed by atoms with Gasteiger partial charge < -0.3 is 10.6 Å². The van der Waals surface area contributed by atoms with Gasteiger partial charge in [0.2, 0.25) is 0 Å². The number of nitrogens with two attached hydrogens (primary N) is 1. The van der Waals surface area contributed by atoms with Gasteiger partial charge in [-0.25, -0.2) is 0 Å². The highest BCUT2D eigenvalue weighted by molar-refractivity contribution is 5.68. The van der Waals surface area contributed by atoms with Crippen LogP contribution in [0.1, 0.15) is 17.5 Å². The smallest absolute Gasteiger partial charge is 0.359 e. The quantitative estimate of drug-likeness (QED) is 0.656. The van der Waals surface area contributed by atoms with E-state index in [0.717, 1.165) is 29.9 Å². The molecule has 1 aliphatic rings. The van der Waals surface area contributed by atoms with Crippen molar-refractivity contribution in [3.8, 4) is 12.0 Å². The standard InChI is InChI=1S/C19H17F3N2/c20-19(21,22)16-7-9-17(10-8-16)24-13-14(4-3-11-23)12-15-5-1-2-6-18(15)24/h1-2,5-10,14H,4,12-13,23H2. The average Bonchev–Trinajstić information content (AvgIpc) is 2.58. The fourth-order valence-electron chi connectivity index (χ4n) is 3.09. The molecule has 2 aromatic rings. The summed E-state index contributed by atoms with van der Waals surface area (Å²) in [7, 11) is 0. The maximum atomic E-state index is 12.8. The number of alkyl halides is 3. The van der Waals surface area contributed by atoms with Crippen LogP contribution in [-0.2, 0) is 12.6 Å². The van der Waals surface area contributed by atoms with Crippen molar-refractivity contribution < 1.29 is 13.2 Å². The Morgan fingerprint density at radius 3 is 2.46 bits per heavy atom. The third-order valence-electron chi connectivity index (χ3n) is 4.23. The summed E-state index contributed by atoms with van der Waals surface area (Å²) in [5.41, 5.74) is 7.59. The molecular weight excluding hydrogens is 313 g/mol. The van der Waals surface area contributed by atoms with Gasteiger partial charge in [-0.2, -0.15) is 13.2 Å². The molecule has 0 saturated carbocycles. The molecule has 0 aromatic heterocycles. The Morgan fingerprint density at radius 2 is 1.79 bits per heavy atom. The highest BCUT2D eigenvalue weighted by atomic mass is 19.4. The van der Waals surface area contributed by atoms with Crippen molar-refractivity contribution in [2.24, 2.45) is 11.7 Å². The van der Waals surface area contributed by atoms with Gasteiger partial charge in [0.15, 0.2) is 0 Å². The fourth-order valence-corrected chi connectivity index (χ4v) is 3.09. The molecule has 1 aliphatic heterocycles. The lowest BCUT2D eigenvalue weighted by Crippen LogP contribution is -2.31. The molecule has 3 rings (SSSR count). The van der Waals surface area contributed by atoms with Gasteiger partial charge in [-0.1, -0.05) is 24.1 Å². The largest absolute Gasteiger partial charge is 0.416 e. The molecule has 24 heavy (non-hydrogen) atoms. The van der Waals surface area contributed by atoms with Crippen molar-refractivity contribution in [2.45, 2.75) is 19.0 Å². The average molecular weight is 330 g/mol. The summed E-state index contributed by atoms with van der Waals surface area (Å²) in [5, 5.41) is 0. The first-order valence-corrected chi connectivity index (χ1v) is 7.70. The number of nitrogens with zero attached hydrogens (tertiary/aromatic N) is 1. The number of halogens is 3. The second-order valence-corrected chi connectivity index (χ2v) is 5.88. The summed E-state index contributed by atoms with van der Waals surface area (Å²) in [6, 6.07) is 15.7. The highest BCUT2D eigenvalue weighted by Crippen LogP contribution is 2.37. The molecule has 0 fully saturated rings. The van der Waals surface area contributed by atoms with Gasteiger partial charge in [0.1, 0.15) is 0 Å². The van der Waals surface area contributed by atoms with Crippen molar-refractivity contribution >= 4 is 11.4 Å². The Kier molecular flexibility index (Phi) is 4.39. The minimum atomic E-state index is -4.32. The third kappa shape index (κ3) is 3.33. The number of hydrogen-bond acceptors (Lipinski definition) is 2. The van der Waals surface area contributed by atoms with E-state index in [-0.39, 0.29) is 0 Å². The van der Waals surface area contributed by atoms with Crippen molar-refractivity contribution in [3.63, 3.8) is 0 Å². The van der Waals surface area contributed by atoms with E-state index in [2.05, 4.69) is 22.9 Å². The van der Waals surface area contributed by atoms with E-state index in [1.807, 2.05) is 18.2 Å². The molecule has 5 heteroatoms. The second-order valence-electron chi connectivity index (χ2n) is 5.88. The summed E-state index contributed by atoms with van der Waals surface area (Å²) >= 11 is 0. The molecule has 0 saturated heterocycles. The summed E-state index contributed by atoms with van der Waals surface area (Å²) in [4.78, 5) is 2.06. The number of para-hydroxylation sites is 1. The van der Waals surface area contributed by atoms with Crippen molar-refractivity contribution in [2.75, 3.05) is 11.4 Å². The van der Waals surface area contributed by atoms with E-state index in [1.54, 1.807) is 0 Å². The molecule has 0 spiro atoms. The van der Waals surface area contributed by atoms with Gasteiger partial charge in [-0.05, 0) is 48.2 Å². The van der Waals surface area contributed by atoms with Crippen LogP contribution in [0.15, 0.2) is 48.5 Å². The Morgan fingerprint density at radius 1 is 1.08 bits per heavy atom. The third-order valence-corrected chi connectivity index (χ3v) is 4.23. The van der Waals surface area contributed by atoms with Gasteiger partial charge >= 0.3 is 6.18 Å². The van der Waals surface area contributed by atoms with Crippen LogP contribution in [0.4, 0.5) is 24.5 Å². The zero-order valence-corrected chi connectivity index (χ0v) is 13.0. The van der Waals surface area contributed by atoms with Crippen molar-refractivity contribution in [3.05, 3.63) is 59.7 Å². The Hall–Kier alpha value is -2.61. The minimum absolute atomic E-state index is 0.290. The van der Waals surface area contributed by atoms with Crippen LogP contribution >= 0.6 is 0 Å². The second kappa shape index (κ2) is 6.48. The van der Waals surface area contributed by atoms with Gasteiger partial charge in [-0.3, -0.25) is 0 Å². The maximum Gasteiger partial charge on any atom is 0.416 e. The van der Waals surface area contributed by atoms with E-state index < -0.39 is 11.7 Å². The first kappa shape index (κ1) is 16.3. The van der Waals surface area contributed by atoms with E-state index in [4.69, 9.17) is 5.73 Å². The predicted molar refractivity (Wildman–Crippen MR) is 88.7 cm³/mol. The monoisotopic (exact) mass is 330 g/mol. The molecule has 0 amide bonds. The summed E-state index contributed by atoms with van der Waals surface area (Å²) < 4.78 is 38.3. The maximum absolute atomic E-state index is 12.8. The molecule has 2 nitrogen and oxygen atoms in total. The zero-order valence-electron chi connectivity index (χ0n) is 13.0. The van der Waals surface area contributed by atoms with E-state index >= 15 is 0 Å². The molecule has 124 valence electrons. The van der Waals surface area contributed by atoms with Crippen LogP contribution in [0.2, 0.25) is 0 Å². The molecule has 0 bridgehead atoms. The molecule has 1 unspecified atom stereocenters. The van der Waals surface area contributed by atoms with Crippen LogP contribution < -0.4 is 10.6 Å². The summed E-state index contributed by atoms with van der Waals surface area (Å²) in [6.07, 6.45) is -2.76. The molecular formula is C19H17F3N2. The van der Waals surface area contributed by atoms with Gasteiger partial charge in [-0.15, -0.1) is 0 Å². The molecule has 0 radical (unpaired) electrons. The number of rotatable bonds is 2. The topological polar surface area (TPSA) is 29.3 Å². The molecule has 1 atom stereocenters. The van der Waals surface area contributed by atoms with Crippen LogP contribution in [0.5, 0.6) is 0 Å². The zero-order chi connectivity index (χ0) is 17.2. The predicted octanol–water partition coefficient (Wildman–Crippen LogP) is 4.33. The van der Waals surface area contributed by atoms with Gasteiger partial charge in [0, 0.05) is 30.4 Å². The molecule has 0 aliphatic carbocycles. The lowest BCUT2D eigenvalue weighted by Gasteiger charge is -2.35. The van der Waals surface area contributed by atoms with Crippen molar-refractivity contribution in [1.29, 1.82) is 0 Å². The molecule has 2 aromatic carbocycles. The number of benzene rings is 2. The SMILES string of the molecule is NC#CCC1Cc2ccccc2N(c2ccc(C(F)(F)F)cc2)C1. The van der Waals surface area contributed by atoms with Crippen LogP contribution in [-0.4, -0.2) is 6.54 Å². The molecule has 1 heterocycles. The van der Waals surface area contributed by atoms with Crippen LogP contribution in [0.25, 0.3) is 0 Å². The van der Waals surface area contributed by atoms with Gasteiger partial charge in [0.05, 0.1) is 5.56 Å². The normalized spacial score (nSPS) is 17.0. The molecule has 2 N–H and O–H groups in total. The summed E-state index contributed by atoms with van der Waals surface area (Å²) in [5.74, 6) is 3.19. The van der Waals surface area contributed by atoms with E-state index in [9.17, 15) is 13.2 Å². The van der Waals surface area contributed by atoms with Gasteiger partial charge in [0.25, 0.3) is 0 Å². The van der Waals surface area contributed by atoms with E-state index in [0.29, 0.717) is 18.9 Å². The lowest BCUT2D eigenvalue weighted by molar-refractivity contribution is -0.137. The number of hydrogen-bond donors (Lipinski definition) is 1. The number of fused-ring (bicyclic) bond motifs is 1. The lowest BCUT2D eigenvalue weighted by atomic mass is 9.90. The van der Waals surface area contributed by atoms with Crippen LogP contribution in [0.3, 0.4) is 0 Å².